The molecule has 0 radical (unpaired) electrons. The molecule has 0 spiro atoms. The maximum absolute atomic E-state index is 13.0. The summed E-state index contributed by atoms with van der Waals surface area (Å²) >= 11 is 1.57. The molecule has 0 saturated carbocycles. The largest absolute Gasteiger partial charge is 0.455 e. The molecule has 1 saturated heterocycles. The Hall–Kier alpha value is -2.87. The minimum atomic E-state index is -0.433. The van der Waals surface area contributed by atoms with Crippen LogP contribution < -0.4 is 5.32 Å². The molecule has 1 N–H and O–H groups in total. The number of amides is 2. The second-order valence-electron chi connectivity index (χ2n) is 6.96. The molecule has 0 unspecified atom stereocenters. The van der Waals surface area contributed by atoms with E-state index in [4.69, 9.17) is 4.74 Å². The molecule has 0 aromatic heterocycles. The molecule has 2 aromatic rings. The summed E-state index contributed by atoms with van der Waals surface area (Å²) in [5, 5.41) is 2.71. The van der Waals surface area contributed by atoms with Crippen molar-refractivity contribution in [3.8, 4) is 0 Å². The second-order valence-corrected chi connectivity index (χ2v) is 7.84. The molecule has 2 aromatic carbocycles. The number of nitrogens with one attached hydrogen (secondary N) is 1. The quantitative estimate of drug-likeness (QED) is 0.560. The Morgan fingerprint density at radius 2 is 1.83 bits per heavy atom. The maximum atomic E-state index is 13.0. The van der Waals surface area contributed by atoms with E-state index in [2.05, 4.69) is 5.32 Å². The summed E-state index contributed by atoms with van der Waals surface area (Å²) < 4.78 is 18.2. The van der Waals surface area contributed by atoms with E-state index in [0.29, 0.717) is 37.2 Å². The van der Waals surface area contributed by atoms with E-state index in [-0.39, 0.29) is 18.4 Å². The Kier molecular flexibility index (Phi) is 7.46. The molecular formula is C22H23FN2O4S. The summed E-state index contributed by atoms with van der Waals surface area (Å²) in [6.45, 7) is 0.463. The van der Waals surface area contributed by atoms with Gasteiger partial charge in [0.2, 0.25) is 0 Å². The third-order valence-corrected chi connectivity index (χ3v) is 5.63. The molecule has 3 rings (SSSR count). The summed E-state index contributed by atoms with van der Waals surface area (Å²) in [6, 6.07) is 12.8. The van der Waals surface area contributed by atoms with Crippen LogP contribution in [0.3, 0.4) is 0 Å². The van der Waals surface area contributed by atoms with Gasteiger partial charge in [-0.2, -0.15) is 0 Å². The predicted octanol–water partition coefficient (Wildman–Crippen LogP) is 3.58. The monoisotopic (exact) mass is 430 g/mol. The lowest BCUT2D eigenvalue weighted by Crippen LogP contribution is -2.41. The molecule has 1 aliphatic rings. The van der Waals surface area contributed by atoms with E-state index in [9.17, 15) is 18.8 Å². The standard InChI is InChI=1S/C22H23FN2O4S/c1-30-19-4-2-3-18(13-19)24-20(26)14-29-22(28)16-9-11-25(12-10-16)21(27)15-5-7-17(23)8-6-15/h2-8,13,16H,9-12,14H2,1H3,(H,24,26). The van der Waals surface area contributed by atoms with E-state index in [1.54, 1.807) is 22.7 Å². The van der Waals surface area contributed by atoms with Gasteiger partial charge in [-0.05, 0) is 61.6 Å². The highest BCUT2D eigenvalue weighted by Crippen LogP contribution is 2.21. The number of ether oxygens (including phenoxy) is 1. The number of hydrogen-bond donors (Lipinski definition) is 1. The number of hydrogen-bond acceptors (Lipinski definition) is 5. The van der Waals surface area contributed by atoms with Gasteiger partial charge in [0.15, 0.2) is 6.61 Å². The van der Waals surface area contributed by atoms with Gasteiger partial charge in [0.05, 0.1) is 5.92 Å². The number of thioether (sulfide) groups is 1. The van der Waals surface area contributed by atoms with Crippen molar-refractivity contribution < 1.29 is 23.5 Å². The Balaban J connectivity index is 1.43. The summed E-state index contributed by atoms with van der Waals surface area (Å²) in [5.74, 6) is -1.76. The van der Waals surface area contributed by atoms with E-state index >= 15 is 0 Å². The summed E-state index contributed by atoms with van der Waals surface area (Å²) in [6.07, 6.45) is 2.87. The zero-order chi connectivity index (χ0) is 21.5. The molecule has 1 heterocycles. The summed E-state index contributed by atoms with van der Waals surface area (Å²) in [7, 11) is 0. The number of likely N-dealkylation sites (tertiary alicyclic amines) is 1. The van der Waals surface area contributed by atoms with E-state index in [1.165, 1.54) is 24.3 Å². The number of carbonyl (C=O) groups excluding carboxylic acids is 3. The molecule has 1 fully saturated rings. The average Bonchev–Trinajstić information content (AvgIpc) is 2.77. The Morgan fingerprint density at radius 3 is 2.50 bits per heavy atom. The molecule has 1 aliphatic heterocycles. The van der Waals surface area contributed by atoms with Gasteiger partial charge in [-0.15, -0.1) is 11.8 Å². The third kappa shape index (κ3) is 5.82. The average molecular weight is 431 g/mol. The van der Waals surface area contributed by atoms with E-state index in [0.717, 1.165) is 4.90 Å². The van der Waals surface area contributed by atoms with Crippen LogP contribution in [0.25, 0.3) is 0 Å². The molecule has 6 nitrogen and oxygen atoms in total. The van der Waals surface area contributed by atoms with Crippen molar-refractivity contribution in [1.82, 2.24) is 4.90 Å². The lowest BCUT2D eigenvalue weighted by molar-refractivity contribution is -0.152. The third-order valence-electron chi connectivity index (χ3n) is 4.91. The van der Waals surface area contributed by atoms with Crippen LogP contribution in [0.5, 0.6) is 0 Å². The fourth-order valence-corrected chi connectivity index (χ4v) is 3.71. The first-order valence-corrected chi connectivity index (χ1v) is 10.8. The van der Waals surface area contributed by atoms with Crippen molar-refractivity contribution >= 4 is 35.2 Å². The highest BCUT2D eigenvalue weighted by molar-refractivity contribution is 7.98. The first kappa shape index (κ1) is 21.8. The first-order valence-electron chi connectivity index (χ1n) is 9.61. The number of nitrogens with zero attached hydrogens (tertiary/aromatic N) is 1. The zero-order valence-corrected chi connectivity index (χ0v) is 17.4. The van der Waals surface area contributed by atoms with Crippen LogP contribution in [-0.2, 0) is 14.3 Å². The number of halogens is 1. The Labute approximate surface area is 178 Å². The molecular weight excluding hydrogens is 407 g/mol. The van der Waals surface area contributed by atoms with Gasteiger partial charge < -0.3 is 15.0 Å². The van der Waals surface area contributed by atoms with Gasteiger partial charge >= 0.3 is 5.97 Å². The molecule has 0 aliphatic carbocycles. The molecule has 158 valence electrons. The Bertz CT molecular complexity index is 912. The van der Waals surface area contributed by atoms with Crippen LogP contribution >= 0.6 is 11.8 Å². The van der Waals surface area contributed by atoms with Crippen molar-refractivity contribution in [1.29, 1.82) is 0 Å². The molecule has 0 atom stereocenters. The molecule has 2 amide bonds. The smallest absolute Gasteiger partial charge is 0.309 e. The zero-order valence-electron chi connectivity index (χ0n) is 16.6. The summed E-state index contributed by atoms with van der Waals surface area (Å²) in [4.78, 5) is 39.5. The van der Waals surface area contributed by atoms with E-state index in [1.807, 2.05) is 24.5 Å². The highest BCUT2D eigenvalue weighted by atomic mass is 32.2. The van der Waals surface area contributed by atoms with Crippen LogP contribution in [-0.4, -0.2) is 48.6 Å². The predicted molar refractivity (Wildman–Crippen MR) is 113 cm³/mol. The van der Waals surface area contributed by atoms with Gasteiger partial charge in [-0.25, -0.2) is 4.39 Å². The Morgan fingerprint density at radius 1 is 1.13 bits per heavy atom. The number of piperidine rings is 1. The number of rotatable bonds is 6. The normalized spacial score (nSPS) is 14.3. The minimum Gasteiger partial charge on any atom is -0.455 e. The van der Waals surface area contributed by atoms with Crippen molar-refractivity contribution in [2.45, 2.75) is 17.7 Å². The number of benzene rings is 2. The number of carbonyl (C=O) groups is 3. The van der Waals surface area contributed by atoms with Crippen molar-refractivity contribution in [2.75, 3.05) is 31.3 Å². The molecule has 0 bridgehead atoms. The fourth-order valence-electron chi connectivity index (χ4n) is 3.25. The van der Waals surface area contributed by atoms with Gasteiger partial charge in [0.25, 0.3) is 11.8 Å². The van der Waals surface area contributed by atoms with Gasteiger partial charge in [-0.1, -0.05) is 6.07 Å². The lowest BCUT2D eigenvalue weighted by Gasteiger charge is -2.31. The highest BCUT2D eigenvalue weighted by Gasteiger charge is 2.29. The summed E-state index contributed by atoms with van der Waals surface area (Å²) in [5.41, 5.74) is 1.06. The SMILES string of the molecule is CSc1cccc(NC(=O)COC(=O)C2CCN(C(=O)c3ccc(F)cc3)CC2)c1. The van der Waals surface area contributed by atoms with Gasteiger partial charge in [-0.3, -0.25) is 14.4 Å². The molecule has 30 heavy (non-hydrogen) atoms. The minimum absolute atomic E-state index is 0.186. The van der Waals surface area contributed by atoms with Crippen LogP contribution in [0, 0.1) is 11.7 Å². The van der Waals surface area contributed by atoms with Crippen molar-refractivity contribution in [2.24, 2.45) is 5.92 Å². The fraction of sp³-hybridized carbons (Fsp3) is 0.318. The van der Waals surface area contributed by atoms with Crippen LogP contribution in [0.2, 0.25) is 0 Å². The van der Waals surface area contributed by atoms with Crippen LogP contribution in [0.15, 0.2) is 53.4 Å². The topological polar surface area (TPSA) is 75.7 Å². The van der Waals surface area contributed by atoms with Crippen LogP contribution in [0.1, 0.15) is 23.2 Å². The second kappa shape index (κ2) is 10.2. The van der Waals surface area contributed by atoms with Crippen LogP contribution in [0.4, 0.5) is 10.1 Å². The van der Waals surface area contributed by atoms with Gasteiger partial charge in [0.1, 0.15) is 5.82 Å². The number of anilines is 1. The maximum Gasteiger partial charge on any atom is 0.309 e. The van der Waals surface area contributed by atoms with E-state index < -0.39 is 17.7 Å². The lowest BCUT2D eigenvalue weighted by atomic mass is 9.96. The van der Waals surface area contributed by atoms with Crippen molar-refractivity contribution in [3.63, 3.8) is 0 Å². The number of esters is 1. The molecule has 8 heteroatoms. The van der Waals surface area contributed by atoms with Gasteiger partial charge in [0, 0.05) is 29.2 Å². The first-order chi connectivity index (χ1) is 14.5. The van der Waals surface area contributed by atoms with Crippen molar-refractivity contribution in [3.05, 3.63) is 59.9 Å².